The number of anilines is 1. The minimum Gasteiger partial charge on any atom is -0.375 e. The van der Waals surface area contributed by atoms with Crippen molar-refractivity contribution in [1.29, 1.82) is 0 Å². The van der Waals surface area contributed by atoms with E-state index in [9.17, 15) is 13.2 Å². The molecule has 1 aromatic carbocycles. The van der Waals surface area contributed by atoms with Gasteiger partial charge in [0.05, 0.1) is 18.0 Å². The first kappa shape index (κ1) is 17.9. The van der Waals surface area contributed by atoms with Crippen LogP contribution in [0.2, 0.25) is 0 Å². The lowest BCUT2D eigenvalue weighted by Gasteiger charge is -2.16. The first-order valence-electron chi connectivity index (χ1n) is 7.19. The van der Waals surface area contributed by atoms with Crippen LogP contribution in [0.25, 0.3) is 0 Å². The van der Waals surface area contributed by atoms with Gasteiger partial charge in [0, 0.05) is 19.9 Å². The second kappa shape index (κ2) is 7.89. The number of methoxy groups -OCH3 is 1. The van der Waals surface area contributed by atoms with E-state index in [4.69, 9.17) is 4.74 Å². The van der Waals surface area contributed by atoms with E-state index in [0.29, 0.717) is 12.2 Å². The van der Waals surface area contributed by atoms with Crippen molar-refractivity contribution in [3.05, 3.63) is 54.2 Å². The molecule has 128 valence electrons. The first-order valence-corrected chi connectivity index (χ1v) is 9.08. The molecule has 1 heterocycles. The Labute approximate surface area is 141 Å². The molecular weight excluding hydrogens is 330 g/mol. The molecule has 7 nitrogen and oxygen atoms in total. The van der Waals surface area contributed by atoms with Crippen LogP contribution in [0.1, 0.15) is 11.7 Å². The monoisotopic (exact) mass is 349 g/mol. The average Bonchev–Trinajstić information content (AvgIpc) is 2.56. The van der Waals surface area contributed by atoms with Crippen LogP contribution in [-0.4, -0.2) is 39.3 Å². The first-order chi connectivity index (χ1) is 11.4. The summed E-state index contributed by atoms with van der Waals surface area (Å²) in [5.74, 6) is 0. The van der Waals surface area contributed by atoms with Gasteiger partial charge in [0.2, 0.25) is 0 Å². The van der Waals surface area contributed by atoms with Gasteiger partial charge in [-0.3, -0.25) is 0 Å². The van der Waals surface area contributed by atoms with E-state index in [1.54, 1.807) is 7.11 Å². The summed E-state index contributed by atoms with van der Waals surface area (Å²) in [6.45, 7) is 0.293. The van der Waals surface area contributed by atoms with Gasteiger partial charge < -0.3 is 15.4 Å². The van der Waals surface area contributed by atoms with E-state index in [2.05, 4.69) is 15.6 Å². The fourth-order valence-corrected chi connectivity index (χ4v) is 2.60. The van der Waals surface area contributed by atoms with Crippen molar-refractivity contribution < 1.29 is 17.9 Å². The largest absolute Gasteiger partial charge is 0.375 e. The van der Waals surface area contributed by atoms with Crippen LogP contribution >= 0.6 is 0 Å². The van der Waals surface area contributed by atoms with Crippen LogP contribution in [0.4, 0.5) is 10.5 Å². The molecule has 2 amide bonds. The lowest BCUT2D eigenvalue weighted by molar-refractivity contribution is 0.104. The topological polar surface area (TPSA) is 97.4 Å². The third-order valence-corrected chi connectivity index (χ3v) is 4.28. The van der Waals surface area contributed by atoms with Gasteiger partial charge in [-0.05, 0) is 17.7 Å². The maximum atomic E-state index is 11.9. The van der Waals surface area contributed by atoms with Crippen LogP contribution in [0, 0.1) is 0 Å². The SMILES string of the molecule is CO[C@H](CNC(=O)Nc1ccc(S(C)(=O)=O)nc1)c1ccccc1. The predicted molar refractivity (Wildman–Crippen MR) is 90.6 cm³/mol. The Morgan fingerprint density at radius 3 is 2.46 bits per heavy atom. The molecule has 8 heteroatoms. The zero-order valence-electron chi connectivity index (χ0n) is 13.4. The van der Waals surface area contributed by atoms with E-state index in [1.807, 2.05) is 30.3 Å². The zero-order chi connectivity index (χ0) is 17.6. The highest BCUT2D eigenvalue weighted by Crippen LogP contribution is 2.15. The van der Waals surface area contributed by atoms with Crippen molar-refractivity contribution in [1.82, 2.24) is 10.3 Å². The smallest absolute Gasteiger partial charge is 0.319 e. The quantitative estimate of drug-likeness (QED) is 0.831. The van der Waals surface area contributed by atoms with Crippen molar-refractivity contribution in [3.8, 4) is 0 Å². The summed E-state index contributed by atoms with van der Waals surface area (Å²) in [5.41, 5.74) is 1.35. The maximum absolute atomic E-state index is 11.9. The summed E-state index contributed by atoms with van der Waals surface area (Å²) in [4.78, 5) is 15.7. The number of hydrogen-bond acceptors (Lipinski definition) is 5. The third-order valence-electron chi connectivity index (χ3n) is 3.28. The van der Waals surface area contributed by atoms with Gasteiger partial charge in [-0.2, -0.15) is 0 Å². The minimum atomic E-state index is -3.36. The highest BCUT2D eigenvalue weighted by molar-refractivity contribution is 7.90. The van der Waals surface area contributed by atoms with Crippen molar-refractivity contribution >= 4 is 21.6 Å². The molecule has 0 saturated carbocycles. The third kappa shape index (κ3) is 5.04. The number of ether oxygens (including phenoxy) is 1. The fourth-order valence-electron chi connectivity index (χ4n) is 2.04. The summed E-state index contributed by atoms with van der Waals surface area (Å²) >= 11 is 0. The summed E-state index contributed by atoms with van der Waals surface area (Å²) < 4.78 is 28.0. The number of nitrogens with one attached hydrogen (secondary N) is 2. The Kier molecular flexibility index (Phi) is 5.88. The van der Waals surface area contributed by atoms with Crippen LogP contribution in [-0.2, 0) is 14.6 Å². The molecule has 2 rings (SSSR count). The Morgan fingerprint density at radius 2 is 1.92 bits per heavy atom. The molecule has 2 N–H and O–H groups in total. The molecule has 0 fully saturated rings. The van der Waals surface area contributed by atoms with E-state index < -0.39 is 15.9 Å². The molecule has 1 aromatic heterocycles. The predicted octanol–water partition coefficient (Wildman–Crippen LogP) is 1.99. The summed E-state index contributed by atoms with van der Waals surface area (Å²) in [7, 11) is -1.79. The number of nitrogens with zero attached hydrogens (tertiary/aromatic N) is 1. The Morgan fingerprint density at radius 1 is 1.21 bits per heavy atom. The number of hydrogen-bond donors (Lipinski definition) is 2. The van der Waals surface area contributed by atoms with Gasteiger partial charge in [-0.25, -0.2) is 18.2 Å². The van der Waals surface area contributed by atoms with Crippen molar-refractivity contribution in [3.63, 3.8) is 0 Å². The minimum absolute atomic E-state index is 0.0445. The summed E-state index contributed by atoms with van der Waals surface area (Å²) in [6.07, 6.45) is 2.10. The summed E-state index contributed by atoms with van der Waals surface area (Å²) in [6, 6.07) is 11.9. The molecular formula is C16H19N3O4S. The Hall–Kier alpha value is -2.45. The van der Waals surface area contributed by atoms with Crippen molar-refractivity contribution in [2.45, 2.75) is 11.1 Å². The molecule has 0 aliphatic heterocycles. The highest BCUT2D eigenvalue weighted by atomic mass is 32.2. The molecule has 0 unspecified atom stereocenters. The number of benzene rings is 1. The zero-order valence-corrected chi connectivity index (χ0v) is 14.2. The van der Waals surface area contributed by atoms with E-state index in [0.717, 1.165) is 11.8 Å². The lowest BCUT2D eigenvalue weighted by atomic mass is 10.1. The molecule has 24 heavy (non-hydrogen) atoms. The van der Waals surface area contributed by atoms with Crippen LogP contribution in [0.5, 0.6) is 0 Å². The van der Waals surface area contributed by atoms with Gasteiger partial charge >= 0.3 is 6.03 Å². The van der Waals surface area contributed by atoms with E-state index >= 15 is 0 Å². The molecule has 0 aliphatic rings. The van der Waals surface area contributed by atoms with Crippen LogP contribution < -0.4 is 10.6 Å². The molecule has 0 radical (unpaired) electrons. The van der Waals surface area contributed by atoms with Gasteiger partial charge in [-0.1, -0.05) is 30.3 Å². The Bertz CT molecular complexity index is 777. The van der Waals surface area contributed by atoms with Gasteiger partial charge in [-0.15, -0.1) is 0 Å². The van der Waals surface area contributed by atoms with Gasteiger partial charge in [0.15, 0.2) is 14.9 Å². The molecule has 0 bridgehead atoms. The molecule has 1 atom stereocenters. The highest BCUT2D eigenvalue weighted by Gasteiger charge is 2.12. The number of carbonyl (C=O) groups is 1. The number of aromatic nitrogens is 1. The second-order valence-corrected chi connectivity index (χ2v) is 7.09. The van der Waals surface area contributed by atoms with Crippen LogP contribution in [0.15, 0.2) is 53.7 Å². The second-order valence-electron chi connectivity index (χ2n) is 5.13. The lowest BCUT2D eigenvalue weighted by Crippen LogP contribution is -2.33. The molecule has 0 aliphatic carbocycles. The number of pyridine rings is 1. The normalized spacial score (nSPS) is 12.4. The standard InChI is InChI=1S/C16H19N3O4S/c1-23-14(12-6-4-3-5-7-12)11-18-16(20)19-13-8-9-15(17-10-13)24(2,21)22/h3-10,14H,11H2,1-2H3,(H2,18,19,20)/t14-/m1/s1. The summed E-state index contributed by atoms with van der Waals surface area (Å²) in [5, 5.41) is 5.25. The molecule has 2 aromatic rings. The fraction of sp³-hybridized carbons (Fsp3) is 0.250. The van der Waals surface area contributed by atoms with E-state index in [-0.39, 0.29) is 11.1 Å². The van der Waals surface area contributed by atoms with Gasteiger partial charge in [0.25, 0.3) is 0 Å². The van der Waals surface area contributed by atoms with Crippen molar-refractivity contribution in [2.24, 2.45) is 0 Å². The number of urea groups is 1. The number of sulfone groups is 1. The molecule has 0 spiro atoms. The number of amides is 2. The number of carbonyl (C=O) groups excluding carboxylic acids is 1. The van der Waals surface area contributed by atoms with E-state index in [1.165, 1.54) is 18.3 Å². The van der Waals surface area contributed by atoms with Crippen molar-refractivity contribution in [2.75, 3.05) is 25.2 Å². The van der Waals surface area contributed by atoms with Gasteiger partial charge in [0.1, 0.15) is 0 Å². The average molecular weight is 349 g/mol. The maximum Gasteiger partial charge on any atom is 0.319 e. The van der Waals surface area contributed by atoms with Crippen LogP contribution in [0.3, 0.4) is 0 Å². The Balaban J connectivity index is 1.91. The number of rotatable bonds is 6. The molecule has 0 saturated heterocycles.